The first kappa shape index (κ1) is 10.5. The first-order valence-electron chi connectivity index (χ1n) is 5.02. The van der Waals surface area contributed by atoms with Gasteiger partial charge < -0.3 is 4.74 Å². The Morgan fingerprint density at radius 3 is 2.40 bits per heavy atom. The Bertz CT molecular complexity index is 390. The summed E-state index contributed by atoms with van der Waals surface area (Å²) < 4.78 is 5.25. The van der Waals surface area contributed by atoms with Crippen LogP contribution in [0.2, 0.25) is 0 Å². The van der Waals surface area contributed by atoms with E-state index in [0.717, 1.165) is 5.56 Å². The van der Waals surface area contributed by atoms with Gasteiger partial charge in [0.25, 0.3) is 0 Å². The minimum absolute atomic E-state index is 0.321. The Morgan fingerprint density at radius 2 is 1.93 bits per heavy atom. The highest BCUT2D eigenvalue weighted by Crippen LogP contribution is 2.52. The lowest BCUT2D eigenvalue weighted by molar-refractivity contribution is -0.205. The second-order valence-corrected chi connectivity index (χ2v) is 4.59. The summed E-state index contributed by atoms with van der Waals surface area (Å²) in [5, 5.41) is 0. The van der Waals surface area contributed by atoms with Crippen molar-refractivity contribution in [3.63, 3.8) is 0 Å². The van der Waals surface area contributed by atoms with Gasteiger partial charge in [-0.25, -0.2) is 4.79 Å². The number of carbonyl (C=O) groups is 1. The first-order chi connectivity index (χ1) is 7.04. The van der Waals surface area contributed by atoms with Crippen LogP contribution in [0.3, 0.4) is 0 Å². The summed E-state index contributed by atoms with van der Waals surface area (Å²) in [6, 6.07) is 9.62. The van der Waals surface area contributed by atoms with E-state index >= 15 is 0 Å². The fourth-order valence-corrected chi connectivity index (χ4v) is 2.21. The van der Waals surface area contributed by atoms with Crippen LogP contribution in [0.1, 0.15) is 25.8 Å². The molecule has 1 aromatic rings. The normalized spacial score (nSPS) is 34.5. The zero-order chi connectivity index (χ0) is 11.1. The van der Waals surface area contributed by atoms with Crippen LogP contribution in [0, 0.1) is 0 Å². The molecule has 1 heterocycles. The Hall–Kier alpha value is -1.02. The van der Waals surface area contributed by atoms with Crippen LogP contribution in [-0.2, 0) is 15.1 Å². The van der Waals surface area contributed by atoms with E-state index in [0.29, 0.717) is 6.42 Å². The van der Waals surface area contributed by atoms with Crippen molar-refractivity contribution in [3.8, 4) is 0 Å². The Morgan fingerprint density at radius 1 is 1.33 bits per heavy atom. The molecule has 1 aliphatic heterocycles. The number of halogens is 1. The topological polar surface area (TPSA) is 26.3 Å². The molecule has 1 aliphatic rings. The first-order valence-corrected chi connectivity index (χ1v) is 5.40. The van der Waals surface area contributed by atoms with Crippen LogP contribution < -0.4 is 0 Å². The molecule has 0 aliphatic carbocycles. The standard InChI is InChI=1S/C12H13ClO2/c1-3-12(13)10(14)15-11(12,2)9-7-5-4-6-8-9/h4-8H,3H2,1-2H3/t11-,12+/m1/s1. The molecule has 0 radical (unpaired) electrons. The van der Waals surface area contributed by atoms with Gasteiger partial charge >= 0.3 is 5.97 Å². The van der Waals surface area contributed by atoms with E-state index in [1.165, 1.54) is 0 Å². The Labute approximate surface area is 94.2 Å². The van der Waals surface area contributed by atoms with Gasteiger partial charge in [-0.3, -0.25) is 0 Å². The third-order valence-corrected chi connectivity index (χ3v) is 3.97. The third kappa shape index (κ3) is 1.21. The maximum Gasteiger partial charge on any atom is 0.332 e. The smallest absolute Gasteiger partial charge is 0.332 e. The van der Waals surface area contributed by atoms with Crippen LogP contribution in [0.4, 0.5) is 0 Å². The number of esters is 1. The van der Waals surface area contributed by atoms with E-state index in [2.05, 4.69) is 0 Å². The fraction of sp³-hybridized carbons (Fsp3) is 0.417. The molecule has 3 heteroatoms. The van der Waals surface area contributed by atoms with Crippen LogP contribution >= 0.6 is 11.6 Å². The Balaban J connectivity index is 2.42. The summed E-state index contributed by atoms with van der Waals surface area (Å²) in [7, 11) is 0. The maximum atomic E-state index is 11.4. The lowest BCUT2D eigenvalue weighted by Gasteiger charge is -2.51. The summed E-state index contributed by atoms with van der Waals surface area (Å²) in [5.41, 5.74) is 0.253. The van der Waals surface area contributed by atoms with Gasteiger partial charge in [0.1, 0.15) is 0 Å². The summed E-state index contributed by atoms with van der Waals surface area (Å²) in [6.07, 6.45) is 0.568. The van der Waals surface area contributed by atoms with Gasteiger partial charge in [0.15, 0.2) is 10.5 Å². The number of ether oxygens (including phenoxy) is 1. The lowest BCUT2D eigenvalue weighted by Crippen LogP contribution is -2.64. The highest BCUT2D eigenvalue weighted by atomic mass is 35.5. The van der Waals surface area contributed by atoms with E-state index in [1.807, 2.05) is 44.2 Å². The van der Waals surface area contributed by atoms with Gasteiger partial charge in [0, 0.05) is 0 Å². The summed E-state index contributed by atoms with van der Waals surface area (Å²) >= 11 is 6.31. The molecule has 80 valence electrons. The molecule has 0 bridgehead atoms. The molecular formula is C12H13ClO2. The zero-order valence-corrected chi connectivity index (χ0v) is 9.54. The van der Waals surface area contributed by atoms with Gasteiger partial charge in [0.05, 0.1) is 0 Å². The molecule has 1 fully saturated rings. The molecule has 2 rings (SSSR count). The van der Waals surface area contributed by atoms with Gasteiger partial charge in [-0.05, 0) is 18.9 Å². The molecule has 15 heavy (non-hydrogen) atoms. The quantitative estimate of drug-likeness (QED) is 0.571. The lowest BCUT2D eigenvalue weighted by atomic mass is 9.75. The highest BCUT2D eigenvalue weighted by molar-refractivity contribution is 6.37. The molecule has 0 amide bonds. The summed E-state index contributed by atoms with van der Waals surface area (Å²) in [6.45, 7) is 3.76. The molecule has 2 atom stereocenters. The molecule has 1 saturated heterocycles. The number of benzene rings is 1. The van der Waals surface area contributed by atoms with Crippen molar-refractivity contribution in [1.29, 1.82) is 0 Å². The highest BCUT2D eigenvalue weighted by Gasteiger charge is 2.65. The van der Waals surface area contributed by atoms with E-state index in [9.17, 15) is 4.79 Å². The van der Waals surface area contributed by atoms with Crippen LogP contribution in [0.25, 0.3) is 0 Å². The molecule has 0 saturated carbocycles. The number of alkyl halides is 1. The summed E-state index contributed by atoms with van der Waals surface area (Å²) in [4.78, 5) is 10.5. The summed E-state index contributed by atoms with van der Waals surface area (Å²) in [5.74, 6) is -0.321. The van der Waals surface area contributed by atoms with Crippen LogP contribution in [0.5, 0.6) is 0 Å². The van der Waals surface area contributed by atoms with Crippen LogP contribution in [-0.4, -0.2) is 10.8 Å². The van der Waals surface area contributed by atoms with Crippen molar-refractivity contribution < 1.29 is 9.53 Å². The number of hydrogen-bond donors (Lipinski definition) is 0. The molecule has 2 nitrogen and oxygen atoms in total. The molecule has 0 aromatic heterocycles. The molecule has 0 N–H and O–H groups in total. The number of hydrogen-bond acceptors (Lipinski definition) is 2. The van der Waals surface area contributed by atoms with Crippen molar-refractivity contribution in [2.75, 3.05) is 0 Å². The zero-order valence-electron chi connectivity index (χ0n) is 8.79. The van der Waals surface area contributed by atoms with E-state index in [1.54, 1.807) is 0 Å². The third-order valence-electron chi connectivity index (χ3n) is 3.19. The number of cyclic esters (lactones) is 1. The minimum atomic E-state index is -0.908. The number of rotatable bonds is 2. The SMILES string of the molecule is CC[C@]1(Cl)C(=O)O[C@]1(C)c1ccccc1. The fourth-order valence-electron chi connectivity index (χ4n) is 2.02. The van der Waals surface area contributed by atoms with Crippen molar-refractivity contribution in [2.24, 2.45) is 0 Å². The number of carbonyl (C=O) groups excluding carboxylic acids is 1. The van der Waals surface area contributed by atoms with Crippen molar-refractivity contribution in [2.45, 2.75) is 30.7 Å². The molecule has 0 spiro atoms. The van der Waals surface area contributed by atoms with Crippen molar-refractivity contribution in [1.82, 2.24) is 0 Å². The minimum Gasteiger partial charge on any atom is -0.450 e. The van der Waals surface area contributed by atoms with E-state index < -0.39 is 10.5 Å². The van der Waals surface area contributed by atoms with Gasteiger partial charge in [-0.15, -0.1) is 11.6 Å². The maximum absolute atomic E-state index is 11.4. The molecular weight excluding hydrogens is 212 g/mol. The molecule has 1 aromatic carbocycles. The predicted octanol–water partition coefficient (Wildman–Crippen LogP) is 2.85. The van der Waals surface area contributed by atoms with Crippen LogP contribution in [0.15, 0.2) is 30.3 Å². The second kappa shape index (κ2) is 3.24. The van der Waals surface area contributed by atoms with Gasteiger partial charge in [-0.2, -0.15) is 0 Å². The second-order valence-electron chi connectivity index (χ2n) is 3.94. The van der Waals surface area contributed by atoms with Crippen molar-refractivity contribution in [3.05, 3.63) is 35.9 Å². The monoisotopic (exact) mass is 224 g/mol. The Kier molecular flexibility index (Phi) is 2.27. The average Bonchev–Trinajstić information content (AvgIpc) is 2.29. The van der Waals surface area contributed by atoms with E-state index in [-0.39, 0.29) is 5.97 Å². The molecule has 0 unspecified atom stereocenters. The largest absolute Gasteiger partial charge is 0.450 e. The van der Waals surface area contributed by atoms with Crippen molar-refractivity contribution >= 4 is 17.6 Å². The average molecular weight is 225 g/mol. The van der Waals surface area contributed by atoms with Gasteiger partial charge in [0.2, 0.25) is 0 Å². The predicted molar refractivity (Wildman–Crippen MR) is 58.8 cm³/mol. The van der Waals surface area contributed by atoms with E-state index in [4.69, 9.17) is 16.3 Å². The van der Waals surface area contributed by atoms with Gasteiger partial charge in [-0.1, -0.05) is 37.3 Å².